The zero-order valence-electron chi connectivity index (χ0n) is 12.0. The molecule has 1 aliphatic carbocycles. The maximum Gasteiger partial charge on any atom is 0.240 e. The van der Waals surface area contributed by atoms with Crippen LogP contribution >= 0.6 is 11.6 Å². The van der Waals surface area contributed by atoms with Gasteiger partial charge in [0.25, 0.3) is 0 Å². The average Bonchev–Trinajstić information content (AvgIpc) is 2.54. The summed E-state index contributed by atoms with van der Waals surface area (Å²) in [5.74, 6) is 0. The summed E-state index contributed by atoms with van der Waals surface area (Å²) in [6, 6.07) is 8.81. The third-order valence-electron chi connectivity index (χ3n) is 3.86. The summed E-state index contributed by atoms with van der Waals surface area (Å²) in [5, 5.41) is 0.529. The number of nitrogens with zero attached hydrogens (tertiary/aromatic N) is 1. The Morgan fingerprint density at radius 1 is 1.09 bits per heavy atom. The van der Waals surface area contributed by atoms with E-state index in [9.17, 15) is 8.42 Å². The molecule has 1 aliphatic rings. The Morgan fingerprint density at radius 3 is 2.59 bits per heavy atom. The molecule has 116 valence electrons. The monoisotopic (exact) mass is 336 g/mol. The van der Waals surface area contributed by atoms with Gasteiger partial charge in [-0.3, -0.25) is 4.98 Å². The Kier molecular flexibility index (Phi) is 4.47. The molecular formula is C16H17ClN2O2S. The van der Waals surface area contributed by atoms with E-state index in [1.165, 1.54) is 18.2 Å². The highest BCUT2D eigenvalue weighted by Crippen LogP contribution is 2.24. The highest BCUT2D eigenvalue weighted by molar-refractivity contribution is 7.89. The molecule has 1 N–H and O–H groups in total. The molecule has 22 heavy (non-hydrogen) atoms. The molecule has 0 atom stereocenters. The zero-order chi connectivity index (χ0) is 15.6. The van der Waals surface area contributed by atoms with Gasteiger partial charge >= 0.3 is 0 Å². The summed E-state index contributed by atoms with van der Waals surface area (Å²) < 4.78 is 27.4. The molecule has 0 bridgehead atoms. The number of hydrogen-bond acceptors (Lipinski definition) is 3. The third kappa shape index (κ3) is 3.48. The smallest absolute Gasteiger partial charge is 0.240 e. The maximum atomic E-state index is 12.4. The number of benzene rings is 1. The topological polar surface area (TPSA) is 59.1 Å². The van der Waals surface area contributed by atoms with Crippen molar-refractivity contribution >= 4 is 21.6 Å². The van der Waals surface area contributed by atoms with Crippen molar-refractivity contribution in [1.82, 2.24) is 9.71 Å². The van der Waals surface area contributed by atoms with Crippen molar-refractivity contribution in [2.45, 2.75) is 37.1 Å². The molecule has 1 aromatic heterocycles. The molecule has 0 amide bonds. The lowest BCUT2D eigenvalue weighted by Crippen LogP contribution is -2.24. The van der Waals surface area contributed by atoms with E-state index < -0.39 is 10.0 Å². The molecular weight excluding hydrogens is 320 g/mol. The van der Waals surface area contributed by atoms with Crippen LogP contribution in [0.5, 0.6) is 0 Å². The second kappa shape index (κ2) is 6.36. The number of pyridine rings is 1. The Labute approximate surface area is 135 Å². The number of fused-ring (bicyclic) bond motifs is 1. The first-order chi connectivity index (χ1) is 10.5. The summed E-state index contributed by atoms with van der Waals surface area (Å²) in [4.78, 5) is 4.41. The standard InChI is InChI=1S/C16H17ClN2O2S/c17-14-6-7-15(18-10-14)11-19-22(20,21)16-8-5-12-3-1-2-4-13(12)9-16/h5-10,19H,1-4,11H2. The van der Waals surface area contributed by atoms with Crippen molar-refractivity contribution in [3.05, 3.63) is 58.4 Å². The third-order valence-corrected chi connectivity index (χ3v) is 5.48. The van der Waals surface area contributed by atoms with E-state index in [2.05, 4.69) is 9.71 Å². The number of aromatic nitrogens is 1. The van der Waals surface area contributed by atoms with Gasteiger partial charge in [-0.05, 0) is 61.1 Å². The SMILES string of the molecule is O=S(=O)(NCc1ccc(Cl)cn1)c1ccc2c(c1)CCCC2. The quantitative estimate of drug-likeness (QED) is 0.933. The molecule has 2 aromatic rings. The summed E-state index contributed by atoms with van der Waals surface area (Å²) in [6.45, 7) is 0.149. The van der Waals surface area contributed by atoms with Gasteiger partial charge < -0.3 is 0 Å². The molecule has 6 heteroatoms. The summed E-state index contributed by atoms with van der Waals surface area (Å²) in [7, 11) is -3.53. The highest BCUT2D eigenvalue weighted by Gasteiger charge is 2.17. The number of nitrogens with one attached hydrogen (secondary N) is 1. The van der Waals surface area contributed by atoms with Gasteiger partial charge in [0.2, 0.25) is 10.0 Å². The Bertz CT molecular complexity index is 773. The summed E-state index contributed by atoms with van der Waals surface area (Å²) >= 11 is 5.76. The van der Waals surface area contributed by atoms with Crippen LogP contribution in [0.2, 0.25) is 5.02 Å². The number of rotatable bonds is 4. The Balaban J connectivity index is 1.76. The molecule has 0 aliphatic heterocycles. The van der Waals surface area contributed by atoms with Crippen LogP contribution in [0.15, 0.2) is 41.4 Å². The molecule has 1 heterocycles. The molecule has 3 rings (SSSR count). The van der Waals surface area contributed by atoms with Crippen molar-refractivity contribution in [3.63, 3.8) is 0 Å². The summed E-state index contributed by atoms with van der Waals surface area (Å²) in [5.41, 5.74) is 3.05. The molecule has 0 unspecified atom stereocenters. The molecule has 1 aromatic carbocycles. The first-order valence-corrected chi connectivity index (χ1v) is 9.13. The van der Waals surface area contributed by atoms with Crippen LogP contribution in [-0.4, -0.2) is 13.4 Å². The van der Waals surface area contributed by atoms with Crippen LogP contribution in [0.25, 0.3) is 0 Å². The van der Waals surface area contributed by atoms with Gasteiger partial charge in [-0.15, -0.1) is 0 Å². The van der Waals surface area contributed by atoms with Crippen molar-refractivity contribution in [3.8, 4) is 0 Å². The average molecular weight is 337 g/mol. The largest absolute Gasteiger partial charge is 0.258 e. The second-order valence-corrected chi connectivity index (χ2v) is 7.63. The molecule has 0 saturated heterocycles. The molecule has 0 spiro atoms. The van der Waals surface area contributed by atoms with E-state index in [1.54, 1.807) is 24.3 Å². The first kappa shape index (κ1) is 15.5. The predicted octanol–water partition coefficient (Wildman–Crippen LogP) is 3.09. The fraction of sp³-hybridized carbons (Fsp3) is 0.312. The Morgan fingerprint density at radius 2 is 1.86 bits per heavy atom. The van der Waals surface area contributed by atoms with E-state index in [4.69, 9.17) is 11.6 Å². The number of hydrogen-bond donors (Lipinski definition) is 1. The number of halogens is 1. The van der Waals surface area contributed by atoms with Crippen LogP contribution in [0.4, 0.5) is 0 Å². The lowest BCUT2D eigenvalue weighted by Gasteiger charge is -2.16. The lowest BCUT2D eigenvalue weighted by atomic mass is 9.92. The molecule has 0 fully saturated rings. The van der Waals surface area contributed by atoms with E-state index in [0.29, 0.717) is 15.6 Å². The van der Waals surface area contributed by atoms with Gasteiger partial charge in [0.15, 0.2) is 0 Å². The maximum absolute atomic E-state index is 12.4. The fourth-order valence-corrected chi connectivity index (χ4v) is 3.80. The van der Waals surface area contributed by atoms with Crippen LogP contribution in [0.1, 0.15) is 29.7 Å². The van der Waals surface area contributed by atoms with Crippen molar-refractivity contribution in [2.24, 2.45) is 0 Å². The fourth-order valence-electron chi connectivity index (χ4n) is 2.64. The van der Waals surface area contributed by atoms with Crippen molar-refractivity contribution < 1.29 is 8.42 Å². The first-order valence-electron chi connectivity index (χ1n) is 7.26. The van der Waals surface area contributed by atoms with Gasteiger partial charge in [-0.25, -0.2) is 13.1 Å². The lowest BCUT2D eigenvalue weighted by molar-refractivity contribution is 0.579. The van der Waals surface area contributed by atoms with Gasteiger partial charge in [0.1, 0.15) is 0 Å². The van der Waals surface area contributed by atoms with Gasteiger partial charge in [-0.2, -0.15) is 0 Å². The van der Waals surface area contributed by atoms with Gasteiger partial charge in [0.05, 0.1) is 22.2 Å². The van der Waals surface area contributed by atoms with Gasteiger partial charge in [0, 0.05) is 6.20 Å². The van der Waals surface area contributed by atoms with Crippen LogP contribution < -0.4 is 4.72 Å². The van der Waals surface area contributed by atoms with E-state index >= 15 is 0 Å². The van der Waals surface area contributed by atoms with E-state index in [0.717, 1.165) is 24.8 Å². The predicted molar refractivity (Wildman–Crippen MR) is 86.4 cm³/mol. The van der Waals surface area contributed by atoms with Crippen LogP contribution in [-0.2, 0) is 29.4 Å². The van der Waals surface area contributed by atoms with Gasteiger partial charge in [-0.1, -0.05) is 17.7 Å². The van der Waals surface area contributed by atoms with Crippen molar-refractivity contribution in [2.75, 3.05) is 0 Å². The van der Waals surface area contributed by atoms with E-state index in [1.807, 2.05) is 6.07 Å². The second-order valence-electron chi connectivity index (χ2n) is 5.43. The van der Waals surface area contributed by atoms with Crippen molar-refractivity contribution in [1.29, 1.82) is 0 Å². The number of sulfonamides is 1. The van der Waals surface area contributed by atoms with Crippen LogP contribution in [0, 0.1) is 0 Å². The van der Waals surface area contributed by atoms with E-state index in [-0.39, 0.29) is 6.54 Å². The molecule has 4 nitrogen and oxygen atoms in total. The zero-order valence-corrected chi connectivity index (χ0v) is 13.6. The van der Waals surface area contributed by atoms with Crippen LogP contribution in [0.3, 0.4) is 0 Å². The minimum absolute atomic E-state index is 0.149. The Hall–Kier alpha value is -1.43. The minimum Gasteiger partial charge on any atom is -0.258 e. The molecule has 0 radical (unpaired) electrons. The normalized spacial score (nSPS) is 14.6. The highest BCUT2D eigenvalue weighted by atomic mass is 35.5. The minimum atomic E-state index is -3.53. The molecule has 0 saturated carbocycles. The number of aryl methyl sites for hydroxylation is 2. The summed E-state index contributed by atoms with van der Waals surface area (Å²) in [6.07, 6.45) is 5.80.